The average Bonchev–Trinajstić information content (AvgIpc) is 3.92. The van der Waals surface area contributed by atoms with E-state index >= 15 is 0 Å². The van der Waals surface area contributed by atoms with Crippen molar-refractivity contribution in [1.29, 1.82) is 0 Å². The summed E-state index contributed by atoms with van der Waals surface area (Å²) in [6.45, 7) is 13.6. The Morgan fingerprint density at radius 1 is 0.819 bits per heavy atom. The lowest BCUT2D eigenvalue weighted by Gasteiger charge is -2.46. The zero-order valence-corrected chi connectivity index (χ0v) is 49.7. The van der Waals surface area contributed by atoms with Crippen molar-refractivity contribution in [2.24, 2.45) is 5.92 Å². The molecular weight excluding hydrogens is 1050 g/mol. The molecule has 1 unspecified atom stereocenters. The van der Waals surface area contributed by atoms with Crippen LogP contribution in [0.1, 0.15) is 208 Å². The highest BCUT2D eigenvalue weighted by Gasteiger charge is 2.48. The Labute approximate surface area is 489 Å². The second kappa shape index (κ2) is 28.5. The maximum atomic E-state index is 13.3. The number of aromatic amines is 1. The highest BCUT2D eigenvalue weighted by atomic mass is 16.6. The van der Waals surface area contributed by atoms with Gasteiger partial charge in [0.05, 0.1) is 27.5 Å². The summed E-state index contributed by atoms with van der Waals surface area (Å²) < 4.78 is 8.30. The molecule has 0 radical (unpaired) electrons. The van der Waals surface area contributed by atoms with Crippen molar-refractivity contribution in [2.75, 3.05) is 36.8 Å². The molecule has 19 nitrogen and oxygen atoms in total. The van der Waals surface area contributed by atoms with Gasteiger partial charge in [0.2, 0.25) is 17.7 Å². The third-order valence-corrected chi connectivity index (χ3v) is 17.6. The molecule has 3 aliphatic heterocycles. The van der Waals surface area contributed by atoms with Crippen LogP contribution in [0.2, 0.25) is 0 Å². The SMILES string of the molecule is CC(C)N(C[C@H]1O[C@@H](n2ccc3c(NCCCCNC(=O)CCCCCCCCCCCCCCCNc4cccc5c4C(=O)N(C4CCC(=O)NC4=O)C5=O)ncnc32)[C@H](O)[C@@H]1O)C1CC(CCc2nc3ccc(C(C)(C)C)cc3[nH]2)C1. The number of nitrogens with one attached hydrogen (secondary N) is 5. The third-order valence-electron chi connectivity index (χ3n) is 17.6. The first-order valence-electron chi connectivity index (χ1n) is 31.2. The summed E-state index contributed by atoms with van der Waals surface area (Å²) in [5.41, 5.74) is 5.32. The van der Waals surface area contributed by atoms with Crippen LogP contribution in [-0.4, -0.2) is 137 Å². The number of hydrogen-bond donors (Lipinski definition) is 7. The summed E-state index contributed by atoms with van der Waals surface area (Å²) in [6, 6.07) is 13.3. The summed E-state index contributed by atoms with van der Waals surface area (Å²) in [5, 5.41) is 35.6. The number of rotatable bonds is 32. The Bertz CT molecular complexity index is 3020. The van der Waals surface area contributed by atoms with Crippen LogP contribution in [0.4, 0.5) is 11.5 Å². The Balaban J connectivity index is 0.575. The number of aliphatic hydroxyl groups is 2. The number of imide groups is 2. The first-order chi connectivity index (χ1) is 40.0. The molecule has 7 N–H and O–H groups in total. The first kappa shape index (κ1) is 61.3. The number of aliphatic hydroxyl groups excluding tert-OH is 2. The number of aromatic nitrogens is 5. The number of piperidine rings is 1. The van der Waals surface area contributed by atoms with Crippen LogP contribution in [0.25, 0.3) is 22.1 Å². The van der Waals surface area contributed by atoms with Gasteiger partial charge in [0.1, 0.15) is 48.0 Å². The van der Waals surface area contributed by atoms with Crippen LogP contribution in [0.15, 0.2) is 55.0 Å². The number of aryl methyl sites for hydroxylation is 1. The number of amides is 5. The van der Waals surface area contributed by atoms with Crippen molar-refractivity contribution in [1.82, 2.24) is 44.9 Å². The van der Waals surface area contributed by atoms with Gasteiger partial charge < -0.3 is 40.5 Å². The number of nitrogens with zero attached hydrogens (tertiary/aromatic N) is 6. The van der Waals surface area contributed by atoms with Gasteiger partial charge in [0, 0.05) is 69.4 Å². The summed E-state index contributed by atoms with van der Waals surface area (Å²) in [5.74, 6) is 0.470. The predicted octanol–water partition coefficient (Wildman–Crippen LogP) is 9.63. The van der Waals surface area contributed by atoms with Crippen molar-refractivity contribution < 1.29 is 38.9 Å². The number of imidazole rings is 1. The molecular formula is C64H91N11O8. The number of anilines is 2. The van der Waals surface area contributed by atoms with Gasteiger partial charge in [-0.05, 0) is 112 Å². The monoisotopic (exact) mass is 1140 g/mol. The van der Waals surface area contributed by atoms with Crippen LogP contribution < -0.4 is 21.3 Å². The number of hydrogen-bond acceptors (Lipinski definition) is 14. The lowest BCUT2D eigenvalue weighted by molar-refractivity contribution is -0.136. The summed E-state index contributed by atoms with van der Waals surface area (Å²) >= 11 is 0. The number of carbonyl (C=O) groups excluding carboxylic acids is 5. The molecule has 9 rings (SSSR count). The van der Waals surface area contributed by atoms with Crippen LogP contribution >= 0.6 is 0 Å². The predicted molar refractivity (Wildman–Crippen MR) is 322 cm³/mol. The van der Waals surface area contributed by atoms with E-state index < -0.39 is 54.2 Å². The highest BCUT2D eigenvalue weighted by molar-refractivity contribution is 6.25. The summed E-state index contributed by atoms with van der Waals surface area (Å²) in [4.78, 5) is 84.0. The maximum absolute atomic E-state index is 13.3. The van der Waals surface area contributed by atoms with Crippen molar-refractivity contribution in [2.45, 2.75) is 224 Å². The van der Waals surface area contributed by atoms with Gasteiger partial charge >= 0.3 is 0 Å². The minimum atomic E-state index is -1.12. The zero-order chi connectivity index (χ0) is 58.6. The van der Waals surface area contributed by atoms with Gasteiger partial charge in [0.25, 0.3) is 11.8 Å². The normalized spacial score (nSPS) is 21.8. The van der Waals surface area contributed by atoms with Gasteiger partial charge in [-0.25, -0.2) is 15.0 Å². The van der Waals surface area contributed by atoms with Crippen molar-refractivity contribution in [3.63, 3.8) is 0 Å². The van der Waals surface area contributed by atoms with E-state index in [1.165, 1.54) is 56.8 Å². The quantitative estimate of drug-likeness (QED) is 0.0157. The Morgan fingerprint density at radius 3 is 2.22 bits per heavy atom. The van der Waals surface area contributed by atoms with Crippen LogP contribution in [0, 0.1) is 5.92 Å². The molecule has 2 saturated heterocycles. The van der Waals surface area contributed by atoms with E-state index in [1.54, 1.807) is 18.2 Å². The fraction of sp³-hybridized carbons (Fsp3) is 0.625. The highest BCUT2D eigenvalue weighted by Crippen LogP contribution is 2.40. The standard InChI is InChI=1S/C64H91N11O8/c1-41(2)74(44-36-42(37-44)25-29-52-70-47-27-26-43(64(3,4)5)38-49(47)71-52)39-51-56(78)57(79)63(83-51)73-35-31-46-58(68-40-69-59(46)73)67-34-20-19-33-66-53(76)24-17-15-13-11-9-7-6-8-10-12-14-16-18-32-65-48-23-21-22-45-55(48)62(82)75(61(45)81)50-28-30-54(77)72-60(50)80/h21-23,26-27,31,35,38,40-42,44,50-51,56-57,63,65,78-79H,6-20,24-25,28-30,32-34,36-37,39H2,1-5H3,(H,66,76)(H,70,71)(H,67,68,69)(H,72,77,80)/t42?,44?,50?,51-,56-,57-,63-/m1/s1. The fourth-order valence-electron chi connectivity index (χ4n) is 12.6. The summed E-state index contributed by atoms with van der Waals surface area (Å²) in [7, 11) is 0. The summed E-state index contributed by atoms with van der Waals surface area (Å²) in [6.07, 6.45) is 21.4. The molecule has 1 aliphatic carbocycles. The lowest BCUT2D eigenvalue weighted by atomic mass is 9.76. The minimum absolute atomic E-state index is 0.0874. The molecule has 6 heterocycles. The third kappa shape index (κ3) is 15.4. The first-order valence-corrected chi connectivity index (χ1v) is 31.2. The molecule has 3 fully saturated rings. The molecule has 2 aromatic carbocycles. The van der Waals surface area contributed by atoms with E-state index in [4.69, 9.17) is 9.72 Å². The number of carbonyl (C=O) groups is 5. The number of ether oxygens (including phenoxy) is 1. The van der Waals surface area contributed by atoms with Crippen LogP contribution in [0.5, 0.6) is 0 Å². The van der Waals surface area contributed by atoms with Crippen molar-refractivity contribution >= 4 is 63.1 Å². The van der Waals surface area contributed by atoms with E-state index in [1.807, 2.05) is 16.8 Å². The molecule has 83 heavy (non-hydrogen) atoms. The van der Waals surface area contributed by atoms with Gasteiger partial charge in [-0.15, -0.1) is 0 Å². The molecule has 5 aromatic rings. The van der Waals surface area contributed by atoms with Crippen molar-refractivity contribution in [3.05, 3.63) is 77.5 Å². The number of unbranched alkanes of at least 4 members (excludes halogenated alkanes) is 13. The molecule has 4 aliphatic rings. The molecule has 5 amide bonds. The van der Waals surface area contributed by atoms with Gasteiger partial charge in [-0.3, -0.25) is 39.1 Å². The van der Waals surface area contributed by atoms with Gasteiger partial charge in [-0.2, -0.15) is 0 Å². The number of fused-ring (bicyclic) bond motifs is 3. The van der Waals surface area contributed by atoms with Gasteiger partial charge in [0.15, 0.2) is 6.23 Å². The molecule has 19 heteroatoms. The van der Waals surface area contributed by atoms with E-state index in [2.05, 4.69) is 93.9 Å². The molecule has 0 spiro atoms. The fourth-order valence-corrected chi connectivity index (χ4v) is 12.6. The van der Waals surface area contributed by atoms with Crippen LogP contribution in [0.3, 0.4) is 0 Å². The Kier molecular flexibility index (Phi) is 21.1. The molecule has 1 saturated carbocycles. The second-order valence-electron chi connectivity index (χ2n) is 25.1. The Hall–Kier alpha value is -6.28. The van der Waals surface area contributed by atoms with E-state index in [0.29, 0.717) is 67.3 Å². The molecule has 5 atom stereocenters. The van der Waals surface area contributed by atoms with E-state index in [-0.39, 0.29) is 35.8 Å². The smallest absolute Gasteiger partial charge is 0.264 e. The zero-order valence-electron chi connectivity index (χ0n) is 49.7. The maximum Gasteiger partial charge on any atom is 0.264 e. The van der Waals surface area contributed by atoms with E-state index in [9.17, 15) is 34.2 Å². The number of benzene rings is 2. The number of H-pyrrole nitrogens is 1. The Morgan fingerprint density at radius 2 is 1.51 bits per heavy atom. The van der Waals surface area contributed by atoms with E-state index in [0.717, 1.165) is 104 Å². The van der Waals surface area contributed by atoms with Crippen LogP contribution in [-0.2, 0) is 31.0 Å². The topological polar surface area (TPSA) is 249 Å². The molecule has 3 aromatic heterocycles. The molecule has 0 bridgehead atoms. The second-order valence-corrected chi connectivity index (χ2v) is 25.1. The lowest BCUT2D eigenvalue weighted by Crippen LogP contribution is -2.54. The largest absolute Gasteiger partial charge is 0.387 e. The molecule has 450 valence electrons. The van der Waals surface area contributed by atoms with Crippen molar-refractivity contribution in [3.8, 4) is 0 Å². The minimum Gasteiger partial charge on any atom is -0.387 e. The van der Waals surface area contributed by atoms with Gasteiger partial charge in [-0.1, -0.05) is 104 Å². The average molecular weight is 1140 g/mol.